The zero-order valence-electron chi connectivity index (χ0n) is 10.3. The summed E-state index contributed by atoms with van der Waals surface area (Å²) in [5, 5.41) is 3.63. The average Bonchev–Trinajstić information content (AvgIpc) is 2.87. The number of ether oxygens (including phenoxy) is 1. The molecular weight excluding hydrogens is 200 g/mol. The molecule has 0 saturated carbocycles. The van der Waals surface area contributed by atoms with Crippen LogP contribution in [0.4, 0.5) is 0 Å². The highest BCUT2D eigenvalue weighted by Crippen LogP contribution is 2.09. The number of aromatic nitrogens is 1. The van der Waals surface area contributed by atoms with Crippen LogP contribution in [0, 0.1) is 0 Å². The summed E-state index contributed by atoms with van der Waals surface area (Å²) < 4.78 is 7.56. The normalized spacial score (nSPS) is 22.5. The van der Waals surface area contributed by atoms with Crippen LogP contribution in [0.15, 0.2) is 18.3 Å². The van der Waals surface area contributed by atoms with E-state index in [1.807, 2.05) is 0 Å². The minimum absolute atomic E-state index is 0.571. The molecule has 2 unspecified atom stereocenters. The van der Waals surface area contributed by atoms with Gasteiger partial charge in [0.05, 0.1) is 6.61 Å². The van der Waals surface area contributed by atoms with Gasteiger partial charge in [-0.05, 0) is 38.3 Å². The molecule has 1 fully saturated rings. The molecule has 0 aliphatic carbocycles. The Bertz CT molecular complexity index is 315. The van der Waals surface area contributed by atoms with Gasteiger partial charge in [-0.3, -0.25) is 0 Å². The molecule has 2 atom stereocenters. The van der Waals surface area contributed by atoms with Crippen molar-refractivity contribution in [2.75, 3.05) is 13.2 Å². The first kappa shape index (κ1) is 11.7. The molecule has 2 heterocycles. The second kappa shape index (κ2) is 5.51. The van der Waals surface area contributed by atoms with Gasteiger partial charge in [-0.15, -0.1) is 0 Å². The Hall–Kier alpha value is -0.800. The fraction of sp³-hybridized carbons (Fsp3) is 0.692. The van der Waals surface area contributed by atoms with Gasteiger partial charge in [0.1, 0.15) is 0 Å². The Labute approximate surface area is 97.8 Å². The van der Waals surface area contributed by atoms with E-state index >= 15 is 0 Å². The molecule has 1 aromatic heterocycles. The summed E-state index contributed by atoms with van der Waals surface area (Å²) in [7, 11) is 2.11. The fourth-order valence-electron chi connectivity index (χ4n) is 2.27. The molecule has 0 spiro atoms. The Morgan fingerprint density at radius 3 is 3.12 bits per heavy atom. The molecule has 0 bridgehead atoms. The quantitative estimate of drug-likeness (QED) is 0.821. The van der Waals surface area contributed by atoms with Gasteiger partial charge < -0.3 is 14.6 Å². The van der Waals surface area contributed by atoms with Crippen LogP contribution >= 0.6 is 0 Å². The zero-order chi connectivity index (χ0) is 11.4. The van der Waals surface area contributed by atoms with Crippen molar-refractivity contribution in [1.29, 1.82) is 0 Å². The predicted octanol–water partition coefficient (Wildman–Crippen LogP) is 1.72. The Morgan fingerprint density at radius 1 is 1.62 bits per heavy atom. The van der Waals surface area contributed by atoms with Gasteiger partial charge >= 0.3 is 0 Å². The van der Waals surface area contributed by atoms with Crippen molar-refractivity contribution >= 4 is 0 Å². The highest BCUT2D eigenvalue weighted by Gasteiger charge is 2.17. The lowest BCUT2D eigenvalue weighted by Gasteiger charge is -2.18. The maximum absolute atomic E-state index is 5.36. The summed E-state index contributed by atoms with van der Waals surface area (Å²) in [6.07, 6.45) is 5.60. The Morgan fingerprint density at radius 2 is 2.50 bits per heavy atom. The highest BCUT2D eigenvalue weighted by atomic mass is 16.5. The fourth-order valence-corrected chi connectivity index (χ4v) is 2.27. The summed E-state index contributed by atoms with van der Waals surface area (Å²) in [6.45, 7) is 4.07. The number of hydrogen-bond donors (Lipinski definition) is 1. The molecule has 3 heteroatoms. The van der Waals surface area contributed by atoms with Crippen LogP contribution in [0.3, 0.4) is 0 Å². The first-order valence-electron chi connectivity index (χ1n) is 6.19. The van der Waals surface area contributed by atoms with Crippen LogP contribution in [0.1, 0.15) is 25.5 Å². The van der Waals surface area contributed by atoms with Crippen LogP contribution in [0.5, 0.6) is 0 Å². The third-order valence-electron chi connectivity index (χ3n) is 3.33. The first-order chi connectivity index (χ1) is 7.75. The molecule has 90 valence electrons. The lowest BCUT2D eigenvalue weighted by Crippen LogP contribution is -2.37. The van der Waals surface area contributed by atoms with Crippen molar-refractivity contribution in [1.82, 2.24) is 9.88 Å². The van der Waals surface area contributed by atoms with Crippen molar-refractivity contribution in [2.24, 2.45) is 7.05 Å². The van der Waals surface area contributed by atoms with Crippen molar-refractivity contribution in [3.8, 4) is 0 Å². The van der Waals surface area contributed by atoms with Crippen LogP contribution in [0.25, 0.3) is 0 Å². The van der Waals surface area contributed by atoms with E-state index in [1.54, 1.807) is 0 Å². The molecule has 1 saturated heterocycles. The van der Waals surface area contributed by atoms with E-state index in [-0.39, 0.29) is 0 Å². The van der Waals surface area contributed by atoms with E-state index < -0.39 is 0 Å². The smallest absolute Gasteiger partial charge is 0.0620 e. The van der Waals surface area contributed by atoms with Crippen molar-refractivity contribution in [2.45, 2.75) is 38.3 Å². The van der Waals surface area contributed by atoms with E-state index in [0.29, 0.717) is 12.1 Å². The number of hydrogen-bond acceptors (Lipinski definition) is 2. The van der Waals surface area contributed by atoms with Crippen LogP contribution in [0.2, 0.25) is 0 Å². The van der Waals surface area contributed by atoms with Gasteiger partial charge in [0.25, 0.3) is 0 Å². The summed E-state index contributed by atoms with van der Waals surface area (Å²) in [4.78, 5) is 0. The Balaban J connectivity index is 1.71. The minimum atomic E-state index is 0.571. The monoisotopic (exact) mass is 222 g/mol. The summed E-state index contributed by atoms with van der Waals surface area (Å²) in [5.41, 5.74) is 1.41. The third-order valence-corrected chi connectivity index (χ3v) is 3.33. The van der Waals surface area contributed by atoms with Crippen molar-refractivity contribution in [3.63, 3.8) is 0 Å². The van der Waals surface area contributed by atoms with Gasteiger partial charge in [-0.25, -0.2) is 0 Å². The molecule has 0 aromatic carbocycles. The predicted molar refractivity (Wildman–Crippen MR) is 65.6 cm³/mol. The molecule has 2 rings (SSSR count). The van der Waals surface area contributed by atoms with E-state index in [2.05, 4.69) is 42.2 Å². The highest BCUT2D eigenvalue weighted by molar-refractivity contribution is 5.06. The number of nitrogens with zero attached hydrogens (tertiary/aromatic N) is 1. The van der Waals surface area contributed by atoms with Crippen LogP contribution in [-0.4, -0.2) is 29.9 Å². The lowest BCUT2D eigenvalue weighted by molar-refractivity contribution is 0.188. The molecule has 1 N–H and O–H groups in total. The minimum Gasteiger partial charge on any atom is -0.380 e. The Kier molecular flexibility index (Phi) is 4.02. The average molecular weight is 222 g/mol. The maximum atomic E-state index is 5.36. The van der Waals surface area contributed by atoms with Gasteiger partial charge in [0.15, 0.2) is 0 Å². The van der Waals surface area contributed by atoms with Gasteiger partial charge in [-0.1, -0.05) is 0 Å². The van der Waals surface area contributed by atoms with E-state index in [0.717, 1.165) is 26.1 Å². The maximum Gasteiger partial charge on any atom is 0.0620 e. The lowest BCUT2D eigenvalue weighted by atomic mass is 10.1. The summed E-state index contributed by atoms with van der Waals surface area (Å²) in [6, 6.07) is 5.45. The van der Waals surface area contributed by atoms with Gasteiger partial charge in [0, 0.05) is 37.6 Å². The molecule has 0 radical (unpaired) electrons. The second-order valence-corrected chi connectivity index (χ2v) is 4.78. The topological polar surface area (TPSA) is 26.2 Å². The SMILES string of the molecule is CC(CCc1cccn1C)NC1CCOC1. The summed E-state index contributed by atoms with van der Waals surface area (Å²) in [5.74, 6) is 0. The van der Waals surface area contributed by atoms with E-state index in [9.17, 15) is 0 Å². The van der Waals surface area contributed by atoms with Gasteiger partial charge in [0.2, 0.25) is 0 Å². The second-order valence-electron chi connectivity index (χ2n) is 4.78. The van der Waals surface area contributed by atoms with Crippen molar-refractivity contribution in [3.05, 3.63) is 24.0 Å². The van der Waals surface area contributed by atoms with Crippen molar-refractivity contribution < 1.29 is 4.74 Å². The molecule has 1 aromatic rings. The standard InChI is InChI=1S/C13H22N2O/c1-11(14-12-7-9-16-10-12)5-6-13-4-3-8-15(13)2/h3-4,8,11-12,14H,5-7,9-10H2,1-2H3. The molecule has 16 heavy (non-hydrogen) atoms. The molecule has 3 nitrogen and oxygen atoms in total. The number of rotatable bonds is 5. The van der Waals surface area contributed by atoms with Crippen LogP contribution < -0.4 is 5.32 Å². The summed E-state index contributed by atoms with van der Waals surface area (Å²) >= 11 is 0. The van der Waals surface area contributed by atoms with Crippen LogP contribution in [-0.2, 0) is 18.2 Å². The molecule has 0 amide bonds. The van der Waals surface area contributed by atoms with E-state index in [1.165, 1.54) is 12.1 Å². The molecule has 1 aliphatic heterocycles. The zero-order valence-corrected chi connectivity index (χ0v) is 10.3. The number of aryl methyl sites for hydroxylation is 2. The largest absolute Gasteiger partial charge is 0.380 e. The molecule has 1 aliphatic rings. The number of nitrogens with one attached hydrogen (secondary N) is 1. The van der Waals surface area contributed by atoms with E-state index in [4.69, 9.17) is 4.74 Å². The molecular formula is C13H22N2O. The first-order valence-corrected chi connectivity index (χ1v) is 6.19. The third kappa shape index (κ3) is 3.09. The van der Waals surface area contributed by atoms with Gasteiger partial charge in [-0.2, -0.15) is 0 Å².